The van der Waals surface area contributed by atoms with Gasteiger partial charge in [-0.05, 0) is 24.3 Å². The molecule has 0 amide bonds. The van der Waals surface area contributed by atoms with Crippen LogP contribution in [0.5, 0.6) is 0 Å². The van der Waals surface area contributed by atoms with Crippen LogP contribution in [0.1, 0.15) is 10.4 Å². The van der Waals surface area contributed by atoms with Gasteiger partial charge in [-0.25, -0.2) is 9.90 Å². The van der Waals surface area contributed by atoms with E-state index in [0.29, 0.717) is 5.02 Å². The van der Waals surface area contributed by atoms with E-state index in [2.05, 4.69) is 0 Å². The molecule has 0 spiro atoms. The van der Waals surface area contributed by atoms with Gasteiger partial charge in [0, 0.05) is 5.02 Å². The van der Waals surface area contributed by atoms with Gasteiger partial charge >= 0.3 is 5.97 Å². The highest BCUT2D eigenvalue weighted by Crippen LogP contribution is 2.08. The van der Waals surface area contributed by atoms with Crippen molar-refractivity contribution in [3.63, 3.8) is 0 Å². The molecule has 10 heavy (non-hydrogen) atoms. The predicted molar refractivity (Wildman–Crippen MR) is 36.5 cm³/mol. The maximum Gasteiger partial charge on any atom is 0.386 e. The van der Waals surface area contributed by atoms with Crippen LogP contribution in [0.25, 0.3) is 0 Å². The maximum absolute atomic E-state index is 10.2. The summed E-state index contributed by atoms with van der Waals surface area (Å²) in [5, 5.41) is 10.7. The van der Waals surface area contributed by atoms with Gasteiger partial charge in [0.1, 0.15) is 0 Å². The van der Waals surface area contributed by atoms with Gasteiger partial charge < -0.3 is 0 Å². The lowest BCUT2D eigenvalue weighted by molar-refractivity contribution is 0.0573. The van der Waals surface area contributed by atoms with Gasteiger partial charge in [0.25, 0.3) is 0 Å². The molecule has 0 aliphatic carbocycles. The van der Waals surface area contributed by atoms with Gasteiger partial charge in [-0.1, -0.05) is 11.6 Å². The molecule has 1 rings (SSSR count). The minimum absolute atomic E-state index is 0.143. The lowest BCUT2D eigenvalue weighted by Gasteiger charge is -1.89. The molecule has 1 aromatic rings. The van der Waals surface area contributed by atoms with E-state index in [1.807, 2.05) is 0 Å². The van der Waals surface area contributed by atoms with Crippen molar-refractivity contribution in [1.82, 2.24) is 0 Å². The maximum atomic E-state index is 10.2. The Morgan fingerprint density at radius 3 is 2.10 bits per heavy atom. The molecule has 0 N–H and O–H groups in total. The molecule has 1 radical (unpaired) electrons. The van der Waals surface area contributed by atoms with Crippen molar-refractivity contribution in [2.24, 2.45) is 0 Å². The fraction of sp³-hybridized carbons (Fsp3) is 0. The third-order valence-corrected chi connectivity index (χ3v) is 1.33. The number of hydrogen-bond donors (Lipinski definition) is 0. The van der Waals surface area contributed by atoms with Crippen LogP contribution in [0.2, 0.25) is 5.02 Å². The number of benzene rings is 1. The predicted octanol–water partition coefficient (Wildman–Crippen LogP) is 1.91. The first-order valence-corrected chi connectivity index (χ1v) is 3.05. The molecule has 0 heterocycles. The van der Waals surface area contributed by atoms with E-state index < -0.39 is 5.97 Å². The van der Waals surface area contributed by atoms with E-state index in [9.17, 15) is 9.90 Å². The van der Waals surface area contributed by atoms with E-state index in [1.165, 1.54) is 24.3 Å². The Kier molecular flexibility index (Phi) is 1.92. The molecule has 0 aromatic heterocycles. The van der Waals surface area contributed by atoms with Crippen LogP contribution in [0.15, 0.2) is 24.3 Å². The number of hydrogen-bond acceptors (Lipinski definition) is 1. The molecule has 2 nitrogen and oxygen atoms in total. The molecule has 1 aromatic carbocycles. The lowest BCUT2D eigenvalue weighted by atomic mass is 10.2. The van der Waals surface area contributed by atoms with Gasteiger partial charge in [0.15, 0.2) is 0 Å². The van der Waals surface area contributed by atoms with Crippen molar-refractivity contribution < 1.29 is 9.90 Å². The van der Waals surface area contributed by atoms with Crippen molar-refractivity contribution in [2.75, 3.05) is 0 Å². The summed E-state index contributed by atoms with van der Waals surface area (Å²) in [5.74, 6) is -1.18. The zero-order valence-electron chi connectivity index (χ0n) is 5.00. The molecule has 0 bridgehead atoms. The Balaban J connectivity index is 3.00. The summed E-state index contributed by atoms with van der Waals surface area (Å²) in [6.45, 7) is 0. The van der Waals surface area contributed by atoms with E-state index in [1.54, 1.807) is 0 Å². The van der Waals surface area contributed by atoms with Crippen LogP contribution in [-0.2, 0) is 5.11 Å². The van der Waals surface area contributed by atoms with Crippen LogP contribution < -0.4 is 0 Å². The molecule has 0 fully saturated rings. The minimum atomic E-state index is -1.18. The molecule has 0 unspecified atom stereocenters. The Morgan fingerprint density at radius 1 is 1.20 bits per heavy atom. The Hall–Kier alpha value is -1.02. The number of halogens is 1. The number of carbonyl (C=O) groups is 1. The molecular weight excluding hydrogens is 152 g/mol. The summed E-state index contributed by atoms with van der Waals surface area (Å²) in [6, 6.07) is 5.81. The second-order valence-corrected chi connectivity index (χ2v) is 2.23. The van der Waals surface area contributed by atoms with Crippen LogP contribution in [0, 0.1) is 0 Å². The number of rotatable bonds is 1. The molecule has 0 saturated carbocycles. The highest BCUT2D eigenvalue weighted by atomic mass is 35.5. The average molecular weight is 156 g/mol. The Labute approximate surface area is 63.1 Å². The standard InChI is InChI=1S/C7H4ClO2/c8-6-3-1-5(2-4-6)7(9)10/h1-4H. The first-order chi connectivity index (χ1) is 4.70. The zero-order chi connectivity index (χ0) is 7.56. The van der Waals surface area contributed by atoms with Gasteiger partial charge in [-0.3, -0.25) is 0 Å². The van der Waals surface area contributed by atoms with Crippen LogP contribution >= 0.6 is 11.6 Å². The van der Waals surface area contributed by atoms with Crippen molar-refractivity contribution in [1.29, 1.82) is 0 Å². The van der Waals surface area contributed by atoms with Crippen molar-refractivity contribution in [2.45, 2.75) is 0 Å². The third kappa shape index (κ3) is 1.48. The van der Waals surface area contributed by atoms with Gasteiger partial charge in [-0.15, -0.1) is 0 Å². The van der Waals surface area contributed by atoms with Gasteiger partial charge in [0.05, 0.1) is 5.56 Å². The fourth-order valence-electron chi connectivity index (χ4n) is 0.586. The summed E-state index contributed by atoms with van der Waals surface area (Å²) in [4.78, 5) is 10.2. The first kappa shape index (κ1) is 7.09. The monoisotopic (exact) mass is 155 g/mol. The second-order valence-electron chi connectivity index (χ2n) is 1.79. The topological polar surface area (TPSA) is 37.0 Å². The summed E-state index contributed by atoms with van der Waals surface area (Å²) >= 11 is 5.50. The average Bonchev–Trinajstić information content (AvgIpc) is 1.88. The van der Waals surface area contributed by atoms with Gasteiger partial charge in [0.2, 0.25) is 0 Å². The Morgan fingerprint density at radius 2 is 1.70 bits per heavy atom. The molecule has 0 atom stereocenters. The summed E-state index contributed by atoms with van der Waals surface area (Å²) < 4.78 is 0. The van der Waals surface area contributed by atoms with Crippen molar-refractivity contribution in [3.8, 4) is 0 Å². The third-order valence-electron chi connectivity index (χ3n) is 1.08. The first-order valence-electron chi connectivity index (χ1n) is 2.67. The zero-order valence-corrected chi connectivity index (χ0v) is 5.76. The molecule has 3 heteroatoms. The van der Waals surface area contributed by atoms with Crippen LogP contribution in [0.4, 0.5) is 0 Å². The number of carbonyl (C=O) groups excluding carboxylic acids is 1. The molecule has 0 aliphatic heterocycles. The van der Waals surface area contributed by atoms with Crippen LogP contribution in [-0.4, -0.2) is 5.97 Å². The van der Waals surface area contributed by atoms with E-state index in [0.717, 1.165) is 0 Å². The quantitative estimate of drug-likeness (QED) is 0.610. The Bertz CT molecular complexity index is 240. The van der Waals surface area contributed by atoms with Gasteiger partial charge in [-0.2, -0.15) is 0 Å². The van der Waals surface area contributed by atoms with E-state index in [-0.39, 0.29) is 5.56 Å². The SMILES string of the molecule is [O]C(=O)c1ccc(Cl)cc1. The van der Waals surface area contributed by atoms with Crippen molar-refractivity contribution in [3.05, 3.63) is 34.9 Å². The van der Waals surface area contributed by atoms with Crippen LogP contribution in [0.3, 0.4) is 0 Å². The smallest absolute Gasteiger partial charge is 0.242 e. The summed E-state index contributed by atoms with van der Waals surface area (Å²) in [7, 11) is 0. The lowest BCUT2D eigenvalue weighted by Crippen LogP contribution is -1.91. The minimum Gasteiger partial charge on any atom is -0.242 e. The second kappa shape index (κ2) is 2.71. The van der Waals surface area contributed by atoms with E-state index in [4.69, 9.17) is 11.6 Å². The van der Waals surface area contributed by atoms with E-state index >= 15 is 0 Å². The molecule has 0 saturated heterocycles. The highest BCUT2D eigenvalue weighted by molar-refractivity contribution is 6.30. The normalized spacial score (nSPS) is 9.30. The molecule has 0 aliphatic rings. The summed E-state index contributed by atoms with van der Waals surface area (Å²) in [6.07, 6.45) is 0. The fourth-order valence-corrected chi connectivity index (χ4v) is 0.712. The summed E-state index contributed by atoms with van der Waals surface area (Å²) in [5.41, 5.74) is 0.143. The van der Waals surface area contributed by atoms with Crippen molar-refractivity contribution >= 4 is 17.6 Å². The highest BCUT2D eigenvalue weighted by Gasteiger charge is 2.01. The molecular formula is C7H4ClO2. The molecule has 51 valence electrons. The largest absolute Gasteiger partial charge is 0.386 e.